The molecule has 28 heavy (non-hydrogen) atoms. The Labute approximate surface area is 173 Å². The van der Waals surface area contributed by atoms with E-state index in [0.29, 0.717) is 34.9 Å². The fourth-order valence-corrected chi connectivity index (χ4v) is 4.70. The van der Waals surface area contributed by atoms with E-state index in [2.05, 4.69) is 22.9 Å². The molecule has 1 unspecified atom stereocenters. The largest absolute Gasteiger partial charge is 0.468 e. The first kappa shape index (κ1) is 21.4. The van der Waals surface area contributed by atoms with Gasteiger partial charge in [-0.1, -0.05) is 15.9 Å². The summed E-state index contributed by atoms with van der Waals surface area (Å²) in [7, 11) is 1.33. The van der Waals surface area contributed by atoms with Crippen LogP contribution in [-0.4, -0.2) is 43.8 Å². The number of hydrogen-bond acceptors (Lipinski definition) is 5. The van der Waals surface area contributed by atoms with E-state index in [1.165, 1.54) is 19.2 Å². The van der Waals surface area contributed by atoms with Crippen molar-refractivity contribution >= 4 is 27.6 Å². The van der Waals surface area contributed by atoms with Crippen molar-refractivity contribution in [2.45, 2.75) is 57.3 Å². The Kier molecular flexibility index (Phi) is 6.89. The lowest BCUT2D eigenvalue weighted by atomic mass is 9.81. The molecule has 1 saturated heterocycles. The summed E-state index contributed by atoms with van der Waals surface area (Å²) in [5.41, 5.74) is 1.15. The zero-order valence-corrected chi connectivity index (χ0v) is 18.1. The van der Waals surface area contributed by atoms with E-state index in [-0.39, 0.29) is 6.04 Å². The van der Waals surface area contributed by atoms with Crippen molar-refractivity contribution in [3.05, 3.63) is 34.1 Å². The van der Waals surface area contributed by atoms with Gasteiger partial charge in [-0.3, -0.25) is 9.79 Å². The van der Waals surface area contributed by atoms with Crippen LogP contribution < -0.4 is 0 Å². The van der Waals surface area contributed by atoms with E-state index < -0.39 is 23.5 Å². The molecule has 1 aliphatic carbocycles. The predicted octanol–water partition coefficient (Wildman–Crippen LogP) is 4.63. The topological polar surface area (TPSA) is 57.1 Å². The van der Waals surface area contributed by atoms with Crippen molar-refractivity contribution in [1.82, 2.24) is 0 Å². The third-order valence-corrected chi connectivity index (χ3v) is 6.54. The van der Waals surface area contributed by atoms with Gasteiger partial charge in [-0.05, 0) is 56.4 Å². The lowest BCUT2D eigenvalue weighted by molar-refractivity contribution is -0.183. The number of carbonyl (C=O) groups excluding carboxylic acids is 1. The van der Waals surface area contributed by atoms with Crippen molar-refractivity contribution in [2.24, 2.45) is 10.9 Å². The molecule has 0 aromatic heterocycles. The molecule has 0 N–H and O–H groups in total. The van der Waals surface area contributed by atoms with E-state index in [4.69, 9.17) is 19.2 Å². The van der Waals surface area contributed by atoms with Crippen LogP contribution in [0.1, 0.15) is 51.0 Å². The van der Waals surface area contributed by atoms with E-state index in [9.17, 15) is 9.18 Å². The van der Waals surface area contributed by atoms with Crippen molar-refractivity contribution < 1.29 is 23.4 Å². The van der Waals surface area contributed by atoms with Crippen LogP contribution in [0.3, 0.4) is 0 Å². The molecule has 1 aliphatic heterocycles. The van der Waals surface area contributed by atoms with Crippen LogP contribution in [0.5, 0.6) is 0 Å². The fourth-order valence-electron chi connectivity index (χ4n) is 4.23. The van der Waals surface area contributed by atoms with Gasteiger partial charge < -0.3 is 14.2 Å². The van der Waals surface area contributed by atoms with Crippen molar-refractivity contribution in [3.63, 3.8) is 0 Å². The Hall–Kier alpha value is -1.31. The normalized spacial score (nSPS) is 22.2. The summed E-state index contributed by atoms with van der Waals surface area (Å²) in [6.07, 6.45) is 3.66. The standard InChI is InChI=1S/C21H27BrFNO4/c1-13(15-6-8-21(9-7-15)27-10-11-28-21)24-14(2)19(20(25)26-3)17-12-16(23)4-5-18(17)22/h4-5,12-13,15,19H,6-11H2,1-3H3/t13-,19?/m1/s1. The summed E-state index contributed by atoms with van der Waals surface area (Å²) in [6, 6.07) is 4.34. The number of rotatable bonds is 5. The number of ether oxygens (including phenoxy) is 3. The SMILES string of the molecule is COC(=O)C(C(C)=N[C@H](C)C1CCC2(CC1)OCCO2)c1cc(F)ccc1Br. The molecule has 3 rings (SSSR count). The molecule has 154 valence electrons. The van der Waals surface area contributed by atoms with E-state index in [0.717, 1.165) is 25.7 Å². The maximum Gasteiger partial charge on any atom is 0.318 e. The van der Waals surface area contributed by atoms with Gasteiger partial charge in [0.05, 0.1) is 20.3 Å². The minimum absolute atomic E-state index is 0.0400. The maximum absolute atomic E-state index is 13.8. The second-order valence-corrected chi connectivity index (χ2v) is 8.43. The van der Waals surface area contributed by atoms with Crippen LogP contribution >= 0.6 is 15.9 Å². The molecular weight excluding hydrogens is 429 g/mol. The first-order valence-electron chi connectivity index (χ1n) is 9.70. The Bertz CT molecular complexity index is 738. The molecule has 1 spiro atoms. The monoisotopic (exact) mass is 455 g/mol. The third kappa shape index (κ3) is 4.63. The Morgan fingerprint density at radius 3 is 2.57 bits per heavy atom. The molecule has 2 atom stereocenters. The molecular formula is C21H27BrFNO4. The number of benzene rings is 1. The molecule has 1 heterocycles. The van der Waals surface area contributed by atoms with Crippen LogP contribution in [0, 0.1) is 11.7 Å². The number of halogens is 2. The van der Waals surface area contributed by atoms with Crippen molar-refractivity contribution in [1.29, 1.82) is 0 Å². The molecule has 2 aliphatic rings. The van der Waals surface area contributed by atoms with Crippen LogP contribution in [0.2, 0.25) is 0 Å². The van der Waals surface area contributed by atoms with E-state index in [1.807, 2.05) is 6.92 Å². The first-order chi connectivity index (χ1) is 13.3. The molecule has 5 nitrogen and oxygen atoms in total. The summed E-state index contributed by atoms with van der Waals surface area (Å²) in [4.78, 5) is 17.3. The van der Waals surface area contributed by atoms with E-state index >= 15 is 0 Å². The minimum atomic E-state index is -0.742. The summed E-state index contributed by atoms with van der Waals surface area (Å²) in [5.74, 6) is -1.59. The number of esters is 1. The number of nitrogens with zero attached hydrogens (tertiary/aromatic N) is 1. The fraction of sp³-hybridized carbons (Fsp3) is 0.619. The quantitative estimate of drug-likeness (QED) is 0.479. The molecule has 7 heteroatoms. The Balaban J connectivity index is 1.76. The second-order valence-electron chi connectivity index (χ2n) is 7.58. The highest BCUT2D eigenvalue weighted by atomic mass is 79.9. The van der Waals surface area contributed by atoms with Gasteiger partial charge in [-0.15, -0.1) is 0 Å². The number of methoxy groups -OCH3 is 1. The first-order valence-corrected chi connectivity index (χ1v) is 10.5. The summed E-state index contributed by atoms with van der Waals surface area (Å²) < 4.78 is 31.0. The van der Waals surface area contributed by atoms with Gasteiger partial charge in [-0.25, -0.2) is 4.39 Å². The molecule has 1 aromatic carbocycles. The average Bonchev–Trinajstić information content (AvgIpc) is 3.13. The van der Waals surface area contributed by atoms with Crippen LogP contribution in [0.25, 0.3) is 0 Å². The number of carbonyl (C=O) groups is 1. The molecule has 1 saturated carbocycles. The van der Waals surface area contributed by atoms with Gasteiger partial charge in [0.15, 0.2) is 5.79 Å². The lowest BCUT2D eigenvalue weighted by Gasteiger charge is -2.36. The highest BCUT2D eigenvalue weighted by molar-refractivity contribution is 9.10. The van der Waals surface area contributed by atoms with E-state index in [1.54, 1.807) is 6.07 Å². The van der Waals surface area contributed by atoms with Crippen molar-refractivity contribution in [3.8, 4) is 0 Å². The molecule has 0 amide bonds. The minimum Gasteiger partial charge on any atom is -0.468 e. The molecule has 2 fully saturated rings. The average molecular weight is 456 g/mol. The summed E-state index contributed by atoms with van der Waals surface area (Å²) >= 11 is 3.42. The zero-order valence-electron chi connectivity index (χ0n) is 16.5. The highest BCUT2D eigenvalue weighted by Gasteiger charge is 2.41. The van der Waals surface area contributed by atoms with Gasteiger partial charge in [0.25, 0.3) is 0 Å². The highest BCUT2D eigenvalue weighted by Crippen LogP contribution is 2.40. The molecule has 0 radical (unpaired) electrons. The summed E-state index contributed by atoms with van der Waals surface area (Å²) in [5, 5.41) is 0. The summed E-state index contributed by atoms with van der Waals surface area (Å²) in [6.45, 7) is 5.21. The molecule has 0 bridgehead atoms. The van der Waals surface area contributed by atoms with Gasteiger partial charge in [-0.2, -0.15) is 0 Å². The Morgan fingerprint density at radius 2 is 1.96 bits per heavy atom. The smallest absolute Gasteiger partial charge is 0.318 e. The van der Waals surface area contributed by atoms with Crippen molar-refractivity contribution in [2.75, 3.05) is 20.3 Å². The van der Waals surface area contributed by atoms with Crippen LogP contribution in [-0.2, 0) is 19.0 Å². The third-order valence-electron chi connectivity index (χ3n) is 5.82. The number of hydrogen-bond donors (Lipinski definition) is 0. The Morgan fingerprint density at radius 1 is 1.32 bits per heavy atom. The van der Waals surface area contributed by atoms with Gasteiger partial charge >= 0.3 is 5.97 Å². The van der Waals surface area contributed by atoms with Crippen LogP contribution in [0.4, 0.5) is 4.39 Å². The van der Waals surface area contributed by atoms with Gasteiger partial charge in [0.2, 0.25) is 0 Å². The van der Waals surface area contributed by atoms with Crippen LogP contribution in [0.15, 0.2) is 27.7 Å². The zero-order chi connectivity index (χ0) is 20.3. The number of aliphatic imine (C=N–C) groups is 1. The molecule has 1 aromatic rings. The van der Waals surface area contributed by atoms with Gasteiger partial charge in [0.1, 0.15) is 11.7 Å². The maximum atomic E-state index is 13.8. The van der Waals surface area contributed by atoms with Gasteiger partial charge in [0, 0.05) is 29.1 Å². The predicted molar refractivity (Wildman–Crippen MR) is 108 cm³/mol. The lowest BCUT2D eigenvalue weighted by Crippen LogP contribution is -2.37. The second kappa shape index (κ2) is 9.01.